The van der Waals surface area contributed by atoms with Gasteiger partial charge in [0.15, 0.2) is 5.84 Å². The van der Waals surface area contributed by atoms with Gasteiger partial charge in [-0.1, -0.05) is 17.3 Å². The normalized spacial score (nSPS) is 13.0. The van der Waals surface area contributed by atoms with Gasteiger partial charge in [-0.25, -0.2) is 8.42 Å². The third-order valence-corrected chi connectivity index (χ3v) is 3.82. The standard InChI is InChI=1S/C12H15N3O3S/c1-19(17,18)8-7-15-6-5-9-10(12(13)14-16)3-2-4-11(9)15/h2-6,16H,7-8H2,1H3,(H2,13,14). The molecule has 1 aromatic carbocycles. The zero-order valence-corrected chi connectivity index (χ0v) is 11.3. The molecule has 102 valence electrons. The van der Waals surface area contributed by atoms with E-state index >= 15 is 0 Å². The molecule has 19 heavy (non-hydrogen) atoms. The summed E-state index contributed by atoms with van der Waals surface area (Å²) in [5.41, 5.74) is 7.09. The summed E-state index contributed by atoms with van der Waals surface area (Å²) in [6.07, 6.45) is 3.00. The summed E-state index contributed by atoms with van der Waals surface area (Å²) in [4.78, 5) is 0. The highest BCUT2D eigenvalue weighted by atomic mass is 32.2. The van der Waals surface area contributed by atoms with Crippen molar-refractivity contribution in [2.75, 3.05) is 12.0 Å². The smallest absolute Gasteiger partial charge is 0.170 e. The molecule has 0 atom stereocenters. The first-order valence-electron chi connectivity index (χ1n) is 5.66. The van der Waals surface area contributed by atoms with Gasteiger partial charge in [0.1, 0.15) is 9.84 Å². The van der Waals surface area contributed by atoms with E-state index in [0.29, 0.717) is 12.1 Å². The van der Waals surface area contributed by atoms with Crippen LogP contribution in [0.1, 0.15) is 5.56 Å². The second kappa shape index (κ2) is 4.93. The molecule has 0 saturated heterocycles. The fourth-order valence-electron chi connectivity index (χ4n) is 1.96. The fourth-order valence-corrected chi connectivity index (χ4v) is 2.49. The van der Waals surface area contributed by atoms with Crippen molar-refractivity contribution < 1.29 is 13.6 Å². The van der Waals surface area contributed by atoms with Crippen LogP contribution < -0.4 is 5.73 Å². The van der Waals surface area contributed by atoms with Crippen LogP contribution in [-0.2, 0) is 16.4 Å². The molecule has 2 aromatic rings. The number of hydrogen-bond donors (Lipinski definition) is 2. The fraction of sp³-hybridized carbons (Fsp3) is 0.250. The molecular formula is C12H15N3O3S. The van der Waals surface area contributed by atoms with Gasteiger partial charge < -0.3 is 15.5 Å². The zero-order chi connectivity index (χ0) is 14.0. The highest BCUT2D eigenvalue weighted by Gasteiger charge is 2.10. The van der Waals surface area contributed by atoms with E-state index < -0.39 is 9.84 Å². The molecule has 1 aromatic heterocycles. The predicted octanol–water partition coefficient (Wildman–Crippen LogP) is 0.780. The topological polar surface area (TPSA) is 97.7 Å². The Bertz CT molecular complexity index is 732. The van der Waals surface area contributed by atoms with Crippen LogP contribution in [-0.4, -0.2) is 36.0 Å². The number of oxime groups is 1. The predicted molar refractivity (Wildman–Crippen MR) is 74.2 cm³/mol. The molecule has 6 nitrogen and oxygen atoms in total. The number of aromatic nitrogens is 1. The largest absolute Gasteiger partial charge is 0.409 e. The number of nitrogens with two attached hydrogens (primary N) is 1. The molecule has 0 amide bonds. The Morgan fingerprint density at radius 2 is 2.16 bits per heavy atom. The molecule has 0 aliphatic heterocycles. The average Bonchev–Trinajstić information content (AvgIpc) is 2.77. The summed E-state index contributed by atoms with van der Waals surface area (Å²) in [5.74, 6) is 0.108. The van der Waals surface area contributed by atoms with E-state index in [1.54, 1.807) is 18.3 Å². The lowest BCUT2D eigenvalue weighted by molar-refractivity contribution is 0.318. The molecule has 0 aliphatic rings. The van der Waals surface area contributed by atoms with Gasteiger partial charge in [0.25, 0.3) is 0 Å². The minimum atomic E-state index is -3.01. The van der Waals surface area contributed by atoms with E-state index in [0.717, 1.165) is 10.9 Å². The lowest BCUT2D eigenvalue weighted by atomic mass is 10.1. The Kier molecular flexibility index (Phi) is 3.48. The molecule has 0 radical (unpaired) electrons. The van der Waals surface area contributed by atoms with Crippen LogP contribution in [0.3, 0.4) is 0 Å². The van der Waals surface area contributed by atoms with Crippen LogP contribution in [0.15, 0.2) is 35.6 Å². The number of nitrogens with zero attached hydrogens (tertiary/aromatic N) is 2. The molecule has 1 heterocycles. The lowest BCUT2D eigenvalue weighted by Gasteiger charge is -2.06. The maximum Gasteiger partial charge on any atom is 0.170 e. The molecule has 0 aliphatic carbocycles. The van der Waals surface area contributed by atoms with Gasteiger partial charge in [-0.2, -0.15) is 0 Å². The Balaban J connectivity index is 2.44. The van der Waals surface area contributed by atoms with Gasteiger partial charge in [0.05, 0.1) is 5.75 Å². The summed E-state index contributed by atoms with van der Waals surface area (Å²) >= 11 is 0. The average molecular weight is 281 g/mol. The highest BCUT2D eigenvalue weighted by molar-refractivity contribution is 7.90. The number of hydrogen-bond acceptors (Lipinski definition) is 4. The first-order chi connectivity index (χ1) is 8.92. The molecule has 2 rings (SSSR count). The number of rotatable bonds is 4. The second-order valence-electron chi connectivity index (χ2n) is 4.36. The van der Waals surface area contributed by atoms with Crippen molar-refractivity contribution in [1.82, 2.24) is 4.57 Å². The highest BCUT2D eigenvalue weighted by Crippen LogP contribution is 2.20. The number of fused-ring (bicyclic) bond motifs is 1. The van der Waals surface area contributed by atoms with Crippen molar-refractivity contribution in [3.63, 3.8) is 0 Å². The van der Waals surface area contributed by atoms with E-state index in [9.17, 15) is 8.42 Å². The lowest BCUT2D eigenvalue weighted by Crippen LogP contribution is -2.13. The van der Waals surface area contributed by atoms with E-state index in [1.807, 2.05) is 16.7 Å². The van der Waals surface area contributed by atoms with Crippen molar-refractivity contribution >= 4 is 26.6 Å². The first kappa shape index (κ1) is 13.4. The van der Waals surface area contributed by atoms with Crippen molar-refractivity contribution in [2.45, 2.75) is 6.54 Å². The summed E-state index contributed by atoms with van der Waals surface area (Å²) < 4.78 is 24.2. The number of amidine groups is 1. The van der Waals surface area contributed by atoms with Gasteiger partial charge >= 0.3 is 0 Å². The van der Waals surface area contributed by atoms with Crippen LogP contribution in [0.25, 0.3) is 10.9 Å². The first-order valence-corrected chi connectivity index (χ1v) is 7.72. The maximum atomic E-state index is 11.2. The van der Waals surface area contributed by atoms with Crippen LogP contribution in [0, 0.1) is 0 Å². The quantitative estimate of drug-likeness (QED) is 0.374. The summed E-state index contributed by atoms with van der Waals surface area (Å²) in [7, 11) is -3.01. The number of aryl methyl sites for hydroxylation is 1. The summed E-state index contributed by atoms with van der Waals surface area (Å²) in [5, 5.41) is 12.6. The maximum absolute atomic E-state index is 11.2. The van der Waals surface area contributed by atoms with Gasteiger partial charge in [0, 0.05) is 35.5 Å². The van der Waals surface area contributed by atoms with Crippen molar-refractivity contribution in [3.05, 3.63) is 36.0 Å². The van der Waals surface area contributed by atoms with Crippen molar-refractivity contribution in [1.29, 1.82) is 0 Å². The van der Waals surface area contributed by atoms with Crippen molar-refractivity contribution in [2.24, 2.45) is 10.9 Å². The second-order valence-corrected chi connectivity index (χ2v) is 6.62. The third kappa shape index (κ3) is 2.87. The molecule has 7 heteroatoms. The van der Waals surface area contributed by atoms with Gasteiger partial charge in [-0.3, -0.25) is 0 Å². The summed E-state index contributed by atoms with van der Waals surface area (Å²) in [6, 6.07) is 7.22. The molecule has 3 N–H and O–H groups in total. The van der Waals surface area contributed by atoms with Gasteiger partial charge in [-0.05, 0) is 12.1 Å². The van der Waals surface area contributed by atoms with E-state index in [1.165, 1.54) is 6.26 Å². The van der Waals surface area contributed by atoms with Crippen LogP contribution >= 0.6 is 0 Å². The molecule has 0 bridgehead atoms. The molecular weight excluding hydrogens is 266 g/mol. The Hall–Kier alpha value is -2.02. The van der Waals surface area contributed by atoms with Crippen LogP contribution in [0.4, 0.5) is 0 Å². The molecule has 0 fully saturated rings. The minimum absolute atomic E-state index is 0.0338. The van der Waals surface area contributed by atoms with E-state index in [4.69, 9.17) is 10.9 Å². The van der Waals surface area contributed by atoms with Gasteiger partial charge in [-0.15, -0.1) is 0 Å². The third-order valence-electron chi connectivity index (χ3n) is 2.90. The minimum Gasteiger partial charge on any atom is -0.409 e. The van der Waals surface area contributed by atoms with Gasteiger partial charge in [0.2, 0.25) is 0 Å². The van der Waals surface area contributed by atoms with E-state index in [2.05, 4.69) is 5.16 Å². The Morgan fingerprint density at radius 1 is 1.42 bits per heavy atom. The Morgan fingerprint density at radius 3 is 2.79 bits per heavy atom. The zero-order valence-electron chi connectivity index (χ0n) is 10.4. The Labute approximate surface area is 111 Å². The SMILES string of the molecule is CS(=O)(=O)CCn1ccc2c(/C(N)=N/O)cccc21. The summed E-state index contributed by atoms with van der Waals surface area (Å²) in [6.45, 7) is 0.377. The number of benzene rings is 1. The van der Waals surface area contributed by atoms with Crippen molar-refractivity contribution in [3.8, 4) is 0 Å². The van der Waals surface area contributed by atoms with Crippen LogP contribution in [0.2, 0.25) is 0 Å². The number of sulfone groups is 1. The monoisotopic (exact) mass is 281 g/mol. The molecule has 0 spiro atoms. The molecule has 0 saturated carbocycles. The van der Waals surface area contributed by atoms with Crippen LogP contribution in [0.5, 0.6) is 0 Å². The van der Waals surface area contributed by atoms with E-state index in [-0.39, 0.29) is 11.6 Å². The molecule has 0 unspecified atom stereocenters.